The molecule has 1 heterocycles. The van der Waals surface area contributed by atoms with Crippen LogP contribution in [0.3, 0.4) is 0 Å². The zero-order chi connectivity index (χ0) is 13.1. The van der Waals surface area contributed by atoms with Crippen LogP contribution in [0.25, 0.3) is 5.69 Å². The standard InChI is InChI=1S/C12H14Br2N4/c1-2-3-10(15)11-7-18(17-16-11)12-6-8(13)4-5-9(12)14/h4-7,10H,2-3,15H2,1H3. The van der Waals surface area contributed by atoms with Crippen LogP contribution in [-0.2, 0) is 0 Å². The second kappa shape index (κ2) is 5.95. The van der Waals surface area contributed by atoms with Gasteiger partial charge in [0.25, 0.3) is 0 Å². The van der Waals surface area contributed by atoms with Crippen LogP contribution in [-0.4, -0.2) is 15.0 Å². The van der Waals surface area contributed by atoms with Crippen molar-refractivity contribution in [2.45, 2.75) is 25.8 Å². The molecule has 2 N–H and O–H groups in total. The molecule has 2 aromatic rings. The van der Waals surface area contributed by atoms with Crippen LogP contribution in [0.2, 0.25) is 0 Å². The van der Waals surface area contributed by atoms with E-state index >= 15 is 0 Å². The summed E-state index contributed by atoms with van der Waals surface area (Å²) in [5.74, 6) is 0. The van der Waals surface area contributed by atoms with Crippen LogP contribution < -0.4 is 5.73 Å². The number of hydrogen-bond donors (Lipinski definition) is 1. The smallest absolute Gasteiger partial charge is 0.0998 e. The van der Waals surface area contributed by atoms with Crippen molar-refractivity contribution in [2.75, 3.05) is 0 Å². The van der Waals surface area contributed by atoms with Crippen LogP contribution in [0.1, 0.15) is 31.5 Å². The van der Waals surface area contributed by atoms with Gasteiger partial charge in [-0.3, -0.25) is 0 Å². The van der Waals surface area contributed by atoms with Crippen molar-refractivity contribution >= 4 is 31.9 Å². The molecule has 96 valence electrons. The lowest BCUT2D eigenvalue weighted by molar-refractivity contribution is 0.619. The van der Waals surface area contributed by atoms with E-state index in [4.69, 9.17) is 5.73 Å². The number of hydrogen-bond acceptors (Lipinski definition) is 3. The van der Waals surface area contributed by atoms with Crippen molar-refractivity contribution in [1.29, 1.82) is 0 Å². The number of aromatic nitrogens is 3. The highest BCUT2D eigenvalue weighted by molar-refractivity contribution is 9.11. The SMILES string of the molecule is CCCC(N)c1cn(-c2cc(Br)ccc2Br)nn1. The van der Waals surface area contributed by atoms with E-state index in [0.717, 1.165) is 33.2 Å². The van der Waals surface area contributed by atoms with Crippen molar-refractivity contribution in [2.24, 2.45) is 5.73 Å². The molecule has 1 aromatic heterocycles. The Balaban J connectivity index is 2.32. The van der Waals surface area contributed by atoms with Gasteiger partial charge in [-0.1, -0.05) is 34.5 Å². The molecule has 0 spiro atoms. The third-order valence-corrected chi connectivity index (χ3v) is 3.81. The Kier molecular flexibility index (Phi) is 4.53. The monoisotopic (exact) mass is 372 g/mol. The Morgan fingerprint density at radius 1 is 1.39 bits per heavy atom. The van der Waals surface area contributed by atoms with E-state index in [1.54, 1.807) is 4.68 Å². The first-order valence-electron chi connectivity index (χ1n) is 5.75. The number of rotatable bonds is 4. The van der Waals surface area contributed by atoms with Gasteiger partial charge in [0.2, 0.25) is 0 Å². The van der Waals surface area contributed by atoms with Gasteiger partial charge in [-0.05, 0) is 40.5 Å². The Hall–Kier alpha value is -0.720. The van der Waals surface area contributed by atoms with Gasteiger partial charge in [0.05, 0.1) is 23.6 Å². The maximum absolute atomic E-state index is 6.03. The third-order valence-electron chi connectivity index (χ3n) is 2.65. The molecule has 0 radical (unpaired) electrons. The normalized spacial score (nSPS) is 12.7. The first kappa shape index (κ1) is 13.7. The lowest BCUT2D eigenvalue weighted by Gasteiger charge is -2.05. The highest BCUT2D eigenvalue weighted by Crippen LogP contribution is 2.25. The van der Waals surface area contributed by atoms with Crippen LogP contribution >= 0.6 is 31.9 Å². The van der Waals surface area contributed by atoms with E-state index in [1.807, 2.05) is 24.4 Å². The summed E-state index contributed by atoms with van der Waals surface area (Å²) in [7, 11) is 0. The highest BCUT2D eigenvalue weighted by Gasteiger charge is 2.12. The summed E-state index contributed by atoms with van der Waals surface area (Å²) in [5.41, 5.74) is 7.79. The van der Waals surface area contributed by atoms with Crippen molar-refractivity contribution < 1.29 is 0 Å². The molecular formula is C12H14Br2N4. The van der Waals surface area contributed by atoms with Crippen LogP contribution in [0, 0.1) is 0 Å². The summed E-state index contributed by atoms with van der Waals surface area (Å²) in [6.07, 6.45) is 3.83. The fraction of sp³-hybridized carbons (Fsp3) is 0.333. The summed E-state index contributed by atoms with van der Waals surface area (Å²) in [4.78, 5) is 0. The minimum absolute atomic E-state index is 0.0466. The van der Waals surface area contributed by atoms with Crippen molar-refractivity contribution in [3.05, 3.63) is 39.0 Å². The topological polar surface area (TPSA) is 56.7 Å². The number of halogens is 2. The second-order valence-corrected chi connectivity index (χ2v) is 5.85. The fourth-order valence-electron chi connectivity index (χ4n) is 1.68. The predicted octanol–water partition coefficient (Wildman–Crippen LogP) is 3.59. The fourth-order valence-corrected chi connectivity index (χ4v) is 2.46. The lowest BCUT2D eigenvalue weighted by atomic mass is 10.1. The molecule has 0 saturated carbocycles. The molecule has 0 fully saturated rings. The van der Waals surface area contributed by atoms with Crippen molar-refractivity contribution in [3.8, 4) is 5.69 Å². The molecule has 0 saturated heterocycles. The molecule has 18 heavy (non-hydrogen) atoms. The maximum atomic E-state index is 6.03. The van der Waals surface area contributed by atoms with Gasteiger partial charge in [-0.2, -0.15) is 0 Å². The predicted molar refractivity (Wildman–Crippen MR) is 78.6 cm³/mol. The van der Waals surface area contributed by atoms with Gasteiger partial charge in [-0.25, -0.2) is 4.68 Å². The van der Waals surface area contributed by atoms with Crippen LogP contribution in [0.15, 0.2) is 33.3 Å². The van der Waals surface area contributed by atoms with Gasteiger partial charge >= 0.3 is 0 Å². The molecule has 1 aromatic carbocycles. The molecule has 0 aliphatic heterocycles. The zero-order valence-corrected chi connectivity index (χ0v) is 13.1. The minimum atomic E-state index is -0.0466. The summed E-state index contributed by atoms with van der Waals surface area (Å²) in [6, 6.07) is 5.86. The molecule has 0 aliphatic rings. The molecule has 1 atom stereocenters. The molecule has 0 bridgehead atoms. The number of benzene rings is 1. The summed E-state index contributed by atoms with van der Waals surface area (Å²) < 4.78 is 3.70. The van der Waals surface area contributed by atoms with E-state index in [-0.39, 0.29) is 6.04 Å². The van der Waals surface area contributed by atoms with Crippen LogP contribution in [0.5, 0.6) is 0 Å². The summed E-state index contributed by atoms with van der Waals surface area (Å²) in [6.45, 7) is 2.11. The molecule has 6 heteroatoms. The average Bonchev–Trinajstić information content (AvgIpc) is 2.82. The first-order chi connectivity index (χ1) is 8.61. The van der Waals surface area contributed by atoms with E-state index in [2.05, 4.69) is 49.1 Å². The average molecular weight is 374 g/mol. The molecule has 0 amide bonds. The zero-order valence-electron chi connectivity index (χ0n) is 9.98. The largest absolute Gasteiger partial charge is 0.323 e. The van der Waals surface area contributed by atoms with Crippen molar-refractivity contribution in [1.82, 2.24) is 15.0 Å². The Morgan fingerprint density at radius 3 is 2.89 bits per heavy atom. The molecule has 0 aliphatic carbocycles. The van der Waals surface area contributed by atoms with Gasteiger partial charge in [0.15, 0.2) is 0 Å². The molecule has 2 rings (SSSR count). The van der Waals surface area contributed by atoms with E-state index in [1.165, 1.54) is 0 Å². The van der Waals surface area contributed by atoms with Gasteiger partial charge < -0.3 is 5.73 Å². The Labute approximate surface area is 123 Å². The summed E-state index contributed by atoms with van der Waals surface area (Å²) >= 11 is 6.95. The van der Waals surface area contributed by atoms with Gasteiger partial charge in [0, 0.05) is 8.95 Å². The Morgan fingerprint density at radius 2 is 2.17 bits per heavy atom. The van der Waals surface area contributed by atoms with E-state index in [9.17, 15) is 0 Å². The van der Waals surface area contributed by atoms with Gasteiger partial charge in [-0.15, -0.1) is 5.10 Å². The Bertz CT molecular complexity index is 539. The van der Waals surface area contributed by atoms with Gasteiger partial charge in [0.1, 0.15) is 0 Å². The first-order valence-corrected chi connectivity index (χ1v) is 7.33. The molecule has 1 unspecified atom stereocenters. The number of nitrogens with two attached hydrogens (primary N) is 1. The van der Waals surface area contributed by atoms with E-state index < -0.39 is 0 Å². The molecular weight excluding hydrogens is 360 g/mol. The lowest BCUT2D eigenvalue weighted by Crippen LogP contribution is -2.10. The summed E-state index contributed by atoms with van der Waals surface area (Å²) in [5, 5.41) is 8.26. The van der Waals surface area contributed by atoms with E-state index in [0.29, 0.717) is 0 Å². The third kappa shape index (κ3) is 2.99. The van der Waals surface area contributed by atoms with Crippen LogP contribution in [0.4, 0.5) is 0 Å². The molecule has 4 nitrogen and oxygen atoms in total. The maximum Gasteiger partial charge on any atom is 0.0998 e. The highest BCUT2D eigenvalue weighted by atomic mass is 79.9. The second-order valence-electron chi connectivity index (χ2n) is 4.08. The minimum Gasteiger partial charge on any atom is -0.323 e. The quantitative estimate of drug-likeness (QED) is 0.890. The number of nitrogens with zero attached hydrogens (tertiary/aromatic N) is 3. The van der Waals surface area contributed by atoms with Crippen molar-refractivity contribution in [3.63, 3.8) is 0 Å².